The lowest BCUT2D eigenvalue weighted by atomic mass is 9.68. The molecular formula is C14H15ClFN. The van der Waals surface area contributed by atoms with Crippen molar-refractivity contribution in [1.82, 2.24) is 0 Å². The fourth-order valence-corrected chi connectivity index (χ4v) is 2.97. The van der Waals surface area contributed by atoms with E-state index in [9.17, 15) is 9.65 Å². The summed E-state index contributed by atoms with van der Waals surface area (Å²) in [4.78, 5) is 0. The predicted molar refractivity (Wildman–Crippen MR) is 66.3 cm³/mol. The fraction of sp³-hybridized carbons (Fsp3) is 0.500. The van der Waals surface area contributed by atoms with E-state index in [1.165, 1.54) is 6.07 Å². The lowest BCUT2D eigenvalue weighted by molar-refractivity contribution is 0.288. The van der Waals surface area contributed by atoms with Crippen molar-refractivity contribution in [3.63, 3.8) is 0 Å². The number of rotatable bonds is 1. The highest BCUT2D eigenvalue weighted by Crippen LogP contribution is 2.44. The summed E-state index contributed by atoms with van der Waals surface area (Å²) < 4.78 is 13.9. The number of benzene rings is 1. The van der Waals surface area contributed by atoms with Gasteiger partial charge in [0.2, 0.25) is 0 Å². The van der Waals surface area contributed by atoms with Crippen molar-refractivity contribution in [3.8, 4) is 6.07 Å². The summed E-state index contributed by atoms with van der Waals surface area (Å²) in [7, 11) is 0. The van der Waals surface area contributed by atoms with Crippen LogP contribution in [0.25, 0.3) is 0 Å². The first-order valence-electron chi connectivity index (χ1n) is 5.95. The molecule has 1 saturated carbocycles. The zero-order chi connectivity index (χ0) is 12.5. The first-order valence-corrected chi connectivity index (χ1v) is 6.32. The molecule has 2 rings (SSSR count). The molecule has 0 saturated heterocycles. The van der Waals surface area contributed by atoms with E-state index in [2.05, 4.69) is 13.0 Å². The molecule has 0 heterocycles. The summed E-state index contributed by atoms with van der Waals surface area (Å²) in [5, 5.41) is 9.83. The van der Waals surface area contributed by atoms with Crippen LogP contribution in [-0.4, -0.2) is 0 Å². The number of hydrogen-bond acceptors (Lipinski definition) is 1. The molecule has 90 valence electrons. The highest BCUT2D eigenvalue weighted by Gasteiger charge is 2.39. The molecule has 1 aliphatic rings. The third kappa shape index (κ3) is 2.17. The Morgan fingerprint density at radius 3 is 2.59 bits per heavy atom. The number of nitriles is 1. The Morgan fingerprint density at radius 2 is 2.06 bits per heavy atom. The molecule has 0 unspecified atom stereocenters. The van der Waals surface area contributed by atoms with Crippen LogP contribution in [0.4, 0.5) is 4.39 Å². The Kier molecular flexibility index (Phi) is 3.40. The van der Waals surface area contributed by atoms with E-state index in [0.717, 1.165) is 12.8 Å². The summed E-state index contributed by atoms with van der Waals surface area (Å²) >= 11 is 6.08. The molecule has 0 amide bonds. The Hall–Kier alpha value is -1.07. The van der Waals surface area contributed by atoms with Crippen LogP contribution in [0.1, 0.15) is 38.2 Å². The summed E-state index contributed by atoms with van der Waals surface area (Å²) in [5.41, 5.74) is -0.328. The van der Waals surface area contributed by atoms with Gasteiger partial charge in [0.25, 0.3) is 0 Å². The van der Waals surface area contributed by atoms with Crippen molar-refractivity contribution in [2.75, 3.05) is 0 Å². The molecule has 1 aromatic rings. The summed E-state index contributed by atoms with van der Waals surface area (Å²) in [6.45, 7) is 2.17. The molecule has 0 radical (unpaired) electrons. The molecule has 0 aliphatic heterocycles. The van der Waals surface area contributed by atoms with E-state index >= 15 is 0 Å². The highest BCUT2D eigenvalue weighted by molar-refractivity contribution is 6.31. The van der Waals surface area contributed by atoms with Crippen LogP contribution in [0.15, 0.2) is 18.2 Å². The maximum Gasteiger partial charge on any atom is 0.129 e. The maximum absolute atomic E-state index is 13.9. The van der Waals surface area contributed by atoms with Crippen molar-refractivity contribution < 1.29 is 4.39 Å². The Balaban J connectivity index is 2.46. The normalized spacial score (nSPS) is 28.7. The number of hydrogen-bond donors (Lipinski definition) is 0. The first-order chi connectivity index (χ1) is 8.09. The third-order valence-corrected chi connectivity index (χ3v) is 4.10. The molecule has 1 nitrogen and oxygen atoms in total. The van der Waals surface area contributed by atoms with Gasteiger partial charge in [-0.3, -0.25) is 0 Å². The monoisotopic (exact) mass is 251 g/mol. The van der Waals surface area contributed by atoms with E-state index in [0.29, 0.717) is 29.3 Å². The second-order valence-corrected chi connectivity index (χ2v) is 5.38. The standard InChI is InChI=1S/C14H15ClFN/c1-10-5-7-14(9-17,8-6-10)13-11(15)3-2-4-12(13)16/h2-4,10H,5-8H2,1H3. The van der Waals surface area contributed by atoms with Gasteiger partial charge in [-0.05, 0) is 43.7 Å². The highest BCUT2D eigenvalue weighted by atomic mass is 35.5. The van der Waals surface area contributed by atoms with Gasteiger partial charge in [-0.1, -0.05) is 24.6 Å². The smallest absolute Gasteiger partial charge is 0.129 e. The molecule has 0 aromatic heterocycles. The molecule has 0 N–H and O–H groups in total. The second kappa shape index (κ2) is 4.66. The first kappa shape index (κ1) is 12.4. The van der Waals surface area contributed by atoms with E-state index in [4.69, 9.17) is 11.6 Å². The van der Waals surface area contributed by atoms with Crippen LogP contribution in [0, 0.1) is 23.1 Å². The Bertz CT molecular complexity index is 436. The molecule has 1 fully saturated rings. The predicted octanol–water partition coefficient (Wildman–Crippen LogP) is 4.45. The fourth-order valence-electron chi connectivity index (χ4n) is 2.63. The van der Waals surface area contributed by atoms with Gasteiger partial charge in [-0.2, -0.15) is 5.26 Å². The minimum absolute atomic E-state index is 0.353. The lowest BCUT2D eigenvalue weighted by Crippen LogP contribution is -2.31. The molecule has 17 heavy (non-hydrogen) atoms. The van der Waals surface area contributed by atoms with Gasteiger partial charge in [0, 0.05) is 10.6 Å². The van der Waals surface area contributed by atoms with Crippen molar-refractivity contribution >= 4 is 11.6 Å². The quantitative estimate of drug-likeness (QED) is 0.723. The van der Waals surface area contributed by atoms with Gasteiger partial charge in [-0.25, -0.2) is 4.39 Å². The van der Waals surface area contributed by atoms with Crippen LogP contribution in [0.5, 0.6) is 0 Å². The second-order valence-electron chi connectivity index (χ2n) is 4.97. The Labute approximate surface area is 106 Å². The van der Waals surface area contributed by atoms with Crippen LogP contribution in [0.2, 0.25) is 5.02 Å². The van der Waals surface area contributed by atoms with Crippen LogP contribution in [-0.2, 0) is 5.41 Å². The molecule has 3 heteroatoms. The molecule has 1 aromatic carbocycles. The Morgan fingerprint density at radius 1 is 1.41 bits per heavy atom. The maximum atomic E-state index is 13.9. The molecule has 0 spiro atoms. The van der Waals surface area contributed by atoms with Gasteiger partial charge in [0.15, 0.2) is 0 Å². The molecular weight excluding hydrogens is 237 g/mol. The third-order valence-electron chi connectivity index (χ3n) is 3.78. The molecule has 1 aliphatic carbocycles. The number of nitrogens with zero attached hydrogens (tertiary/aromatic N) is 1. The summed E-state index contributed by atoms with van der Waals surface area (Å²) in [6.07, 6.45) is 3.31. The summed E-state index contributed by atoms with van der Waals surface area (Å²) in [5.74, 6) is 0.260. The lowest BCUT2D eigenvalue weighted by Gasteiger charge is -2.34. The topological polar surface area (TPSA) is 23.8 Å². The van der Waals surface area contributed by atoms with Crippen molar-refractivity contribution in [1.29, 1.82) is 5.26 Å². The van der Waals surface area contributed by atoms with E-state index in [1.807, 2.05) is 0 Å². The number of halogens is 2. The van der Waals surface area contributed by atoms with E-state index in [-0.39, 0.29) is 5.82 Å². The van der Waals surface area contributed by atoms with Gasteiger partial charge < -0.3 is 0 Å². The van der Waals surface area contributed by atoms with Crippen molar-refractivity contribution in [3.05, 3.63) is 34.6 Å². The average Bonchev–Trinajstić information content (AvgIpc) is 2.32. The largest absolute Gasteiger partial charge is 0.207 e. The van der Waals surface area contributed by atoms with Crippen LogP contribution in [0.3, 0.4) is 0 Å². The van der Waals surface area contributed by atoms with Crippen molar-refractivity contribution in [2.24, 2.45) is 5.92 Å². The minimum atomic E-state index is -0.727. The van der Waals surface area contributed by atoms with Gasteiger partial charge in [0.05, 0.1) is 11.5 Å². The van der Waals surface area contributed by atoms with Crippen molar-refractivity contribution in [2.45, 2.75) is 38.0 Å². The SMILES string of the molecule is CC1CCC(C#N)(c2c(F)cccc2Cl)CC1. The molecule has 0 bridgehead atoms. The average molecular weight is 252 g/mol. The zero-order valence-electron chi connectivity index (χ0n) is 9.84. The van der Waals surface area contributed by atoms with Crippen LogP contribution >= 0.6 is 11.6 Å². The molecule has 0 atom stereocenters. The van der Waals surface area contributed by atoms with E-state index < -0.39 is 5.41 Å². The van der Waals surface area contributed by atoms with E-state index in [1.54, 1.807) is 12.1 Å². The zero-order valence-corrected chi connectivity index (χ0v) is 10.6. The van der Waals surface area contributed by atoms with Gasteiger partial charge >= 0.3 is 0 Å². The minimum Gasteiger partial charge on any atom is -0.207 e. The van der Waals surface area contributed by atoms with Gasteiger partial charge in [-0.15, -0.1) is 0 Å². The van der Waals surface area contributed by atoms with Gasteiger partial charge in [0.1, 0.15) is 5.82 Å². The van der Waals surface area contributed by atoms with Crippen LogP contribution < -0.4 is 0 Å². The summed E-state index contributed by atoms with van der Waals surface area (Å²) in [6, 6.07) is 6.94.